The topological polar surface area (TPSA) is 29.3 Å². The molecule has 3 heteroatoms. The normalized spacial score (nSPS) is 27.5. The second-order valence-electron chi connectivity index (χ2n) is 4.10. The lowest BCUT2D eigenvalue weighted by molar-refractivity contribution is 0.156. The molecule has 0 bridgehead atoms. The van der Waals surface area contributed by atoms with Gasteiger partial charge in [-0.3, -0.25) is 4.39 Å². The molecule has 2 unspecified atom stereocenters. The number of alkyl halides is 1. The van der Waals surface area contributed by atoms with E-state index in [2.05, 4.69) is 11.8 Å². The van der Waals surface area contributed by atoms with Crippen molar-refractivity contribution in [2.24, 2.45) is 11.7 Å². The molecule has 2 nitrogen and oxygen atoms in total. The molecule has 0 spiro atoms. The highest BCUT2D eigenvalue weighted by atomic mass is 19.1. The van der Waals surface area contributed by atoms with Gasteiger partial charge in [0, 0.05) is 19.1 Å². The van der Waals surface area contributed by atoms with Crippen LogP contribution in [-0.4, -0.2) is 37.3 Å². The van der Waals surface area contributed by atoms with Crippen LogP contribution < -0.4 is 5.73 Å². The van der Waals surface area contributed by atoms with E-state index in [0.29, 0.717) is 12.3 Å². The number of halogens is 1. The van der Waals surface area contributed by atoms with E-state index in [1.165, 1.54) is 12.8 Å². The SMILES string of the molecule is CC(N)C1CCCN(CCCF)C1. The highest BCUT2D eigenvalue weighted by molar-refractivity contribution is 4.78. The van der Waals surface area contributed by atoms with Gasteiger partial charge in [0.1, 0.15) is 0 Å². The van der Waals surface area contributed by atoms with E-state index >= 15 is 0 Å². The third kappa shape index (κ3) is 3.61. The van der Waals surface area contributed by atoms with Crippen molar-refractivity contribution in [3.8, 4) is 0 Å². The summed E-state index contributed by atoms with van der Waals surface area (Å²) >= 11 is 0. The fraction of sp³-hybridized carbons (Fsp3) is 1.00. The third-order valence-corrected chi connectivity index (χ3v) is 2.89. The van der Waals surface area contributed by atoms with Gasteiger partial charge in [-0.1, -0.05) is 0 Å². The number of nitrogens with two attached hydrogens (primary N) is 1. The van der Waals surface area contributed by atoms with Crippen LogP contribution in [0.5, 0.6) is 0 Å². The third-order valence-electron chi connectivity index (χ3n) is 2.89. The fourth-order valence-electron chi connectivity index (χ4n) is 2.01. The molecule has 0 aromatic heterocycles. The quantitative estimate of drug-likeness (QED) is 0.722. The van der Waals surface area contributed by atoms with Crippen LogP contribution in [0, 0.1) is 5.92 Å². The molecule has 1 rings (SSSR count). The van der Waals surface area contributed by atoms with E-state index < -0.39 is 0 Å². The van der Waals surface area contributed by atoms with Gasteiger partial charge in [0.2, 0.25) is 0 Å². The van der Waals surface area contributed by atoms with E-state index in [0.717, 1.165) is 19.6 Å². The molecule has 2 atom stereocenters. The molecule has 1 aliphatic rings. The Labute approximate surface area is 80.3 Å². The Kier molecular flexibility index (Phi) is 4.67. The van der Waals surface area contributed by atoms with Crippen LogP contribution in [-0.2, 0) is 0 Å². The Morgan fingerprint density at radius 3 is 3.00 bits per heavy atom. The Morgan fingerprint density at radius 2 is 2.38 bits per heavy atom. The predicted octanol–water partition coefficient (Wildman–Crippen LogP) is 1.41. The molecule has 0 radical (unpaired) electrons. The van der Waals surface area contributed by atoms with Crippen molar-refractivity contribution in [3.63, 3.8) is 0 Å². The largest absolute Gasteiger partial charge is 0.328 e. The lowest BCUT2D eigenvalue weighted by atomic mass is 9.92. The molecule has 78 valence electrons. The lowest BCUT2D eigenvalue weighted by Gasteiger charge is -2.34. The Morgan fingerprint density at radius 1 is 1.62 bits per heavy atom. The lowest BCUT2D eigenvalue weighted by Crippen LogP contribution is -2.42. The van der Waals surface area contributed by atoms with Crippen molar-refractivity contribution in [1.82, 2.24) is 4.90 Å². The first-order valence-corrected chi connectivity index (χ1v) is 5.28. The summed E-state index contributed by atoms with van der Waals surface area (Å²) in [6.07, 6.45) is 3.13. The van der Waals surface area contributed by atoms with Gasteiger partial charge in [-0.05, 0) is 38.6 Å². The van der Waals surface area contributed by atoms with Crippen molar-refractivity contribution in [2.45, 2.75) is 32.2 Å². The molecule has 0 amide bonds. The van der Waals surface area contributed by atoms with Crippen LogP contribution in [0.25, 0.3) is 0 Å². The van der Waals surface area contributed by atoms with Gasteiger partial charge < -0.3 is 10.6 Å². The molecule has 1 heterocycles. The van der Waals surface area contributed by atoms with Crippen molar-refractivity contribution in [1.29, 1.82) is 0 Å². The molecule has 1 saturated heterocycles. The number of nitrogens with zero attached hydrogens (tertiary/aromatic N) is 1. The molecule has 1 fully saturated rings. The standard InChI is InChI=1S/C10H21FN2/c1-9(12)10-4-2-6-13(8-10)7-3-5-11/h9-10H,2-8,12H2,1H3. The van der Waals surface area contributed by atoms with E-state index in [1.807, 2.05) is 0 Å². The molecule has 2 N–H and O–H groups in total. The van der Waals surface area contributed by atoms with Gasteiger partial charge in [-0.15, -0.1) is 0 Å². The van der Waals surface area contributed by atoms with Crippen LogP contribution in [0.4, 0.5) is 4.39 Å². The monoisotopic (exact) mass is 188 g/mol. The number of piperidine rings is 1. The van der Waals surface area contributed by atoms with Gasteiger partial charge in [0.25, 0.3) is 0 Å². The maximum Gasteiger partial charge on any atom is 0.0906 e. The van der Waals surface area contributed by atoms with Gasteiger partial charge in [0.05, 0.1) is 6.67 Å². The molecule has 0 aromatic rings. The van der Waals surface area contributed by atoms with Crippen molar-refractivity contribution < 1.29 is 4.39 Å². The fourth-order valence-corrected chi connectivity index (χ4v) is 2.01. The van der Waals surface area contributed by atoms with Crippen LogP contribution in [0.1, 0.15) is 26.2 Å². The average molecular weight is 188 g/mol. The summed E-state index contributed by atoms with van der Waals surface area (Å²) in [5.41, 5.74) is 5.86. The first-order chi connectivity index (χ1) is 6.24. The Balaban J connectivity index is 2.25. The first-order valence-electron chi connectivity index (χ1n) is 5.28. The summed E-state index contributed by atoms with van der Waals surface area (Å²) < 4.78 is 12.0. The van der Waals surface area contributed by atoms with Gasteiger partial charge in [-0.2, -0.15) is 0 Å². The second-order valence-corrected chi connectivity index (χ2v) is 4.10. The van der Waals surface area contributed by atoms with Gasteiger partial charge >= 0.3 is 0 Å². The first kappa shape index (κ1) is 10.9. The van der Waals surface area contributed by atoms with Crippen LogP contribution in [0.15, 0.2) is 0 Å². The highest BCUT2D eigenvalue weighted by Crippen LogP contribution is 2.18. The Bertz CT molecular complexity index is 139. The van der Waals surface area contributed by atoms with Gasteiger partial charge in [-0.25, -0.2) is 0 Å². The minimum Gasteiger partial charge on any atom is -0.328 e. The van der Waals surface area contributed by atoms with Crippen molar-refractivity contribution in [3.05, 3.63) is 0 Å². The summed E-state index contributed by atoms with van der Waals surface area (Å²) in [5.74, 6) is 0.619. The zero-order valence-electron chi connectivity index (χ0n) is 8.51. The number of rotatable bonds is 4. The van der Waals surface area contributed by atoms with Crippen molar-refractivity contribution >= 4 is 0 Å². The van der Waals surface area contributed by atoms with Crippen LogP contribution >= 0.6 is 0 Å². The average Bonchev–Trinajstić information content (AvgIpc) is 2.15. The molecule has 1 aliphatic heterocycles. The molecule has 0 saturated carbocycles. The van der Waals surface area contributed by atoms with Gasteiger partial charge in [0.15, 0.2) is 0 Å². The summed E-state index contributed by atoms with van der Waals surface area (Å²) in [7, 11) is 0. The number of hydrogen-bond acceptors (Lipinski definition) is 2. The highest BCUT2D eigenvalue weighted by Gasteiger charge is 2.21. The molecule has 13 heavy (non-hydrogen) atoms. The van der Waals surface area contributed by atoms with E-state index in [9.17, 15) is 4.39 Å². The molecular formula is C10H21FN2. The van der Waals surface area contributed by atoms with Crippen molar-refractivity contribution in [2.75, 3.05) is 26.3 Å². The summed E-state index contributed by atoms with van der Waals surface area (Å²) in [4.78, 5) is 2.34. The van der Waals surface area contributed by atoms with E-state index in [1.54, 1.807) is 0 Å². The minimum absolute atomic E-state index is 0.195. The maximum absolute atomic E-state index is 12.0. The smallest absolute Gasteiger partial charge is 0.0906 e. The van der Waals surface area contributed by atoms with E-state index in [-0.39, 0.29) is 12.7 Å². The summed E-state index contributed by atoms with van der Waals surface area (Å²) in [6.45, 7) is 4.98. The Hall–Kier alpha value is -0.150. The number of hydrogen-bond donors (Lipinski definition) is 1. The number of likely N-dealkylation sites (tertiary alicyclic amines) is 1. The summed E-state index contributed by atoms with van der Waals surface area (Å²) in [6, 6.07) is 0.285. The molecule has 0 aromatic carbocycles. The summed E-state index contributed by atoms with van der Waals surface area (Å²) in [5, 5.41) is 0. The predicted molar refractivity (Wildman–Crippen MR) is 53.4 cm³/mol. The zero-order valence-corrected chi connectivity index (χ0v) is 8.51. The minimum atomic E-state index is -0.195. The van der Waals surface area contributed by atoms with E-state index in [4.69, 9.17) is 5.73 Å². The second kappa shape index (κ2) is 5.55. The van der Waals surface area contributed by atoms with Crippen LogP contribution in [0.3, 0.4) is 0 Å². The maximum atomic E-state index is 12.0. The molecule has 0 aliphatic carbocycles. The van der Waals surface area contributed by atoms with Crippen LogP contribution in [0.2, 0.25) is 0 Å². The zero-order chi connectivity index (χ0) is 9.68. The molecular weight excluding hydrogens is 167 g/mol.